The summed E-state index contributed by atoms with van der Waals surface area (Å²) in [6.45, 7) is 7.78. The lowest BCUT2D eigenvalue weighted by Gasteiger charge is -2.09. The summed E-state index contributed by atoms with van der Waals surface area (Å²) < 4.78 is 6.25. The third-order valence-corrected chi connectivity index (χ3v) is 2.50. The van der Waals surface area contributed by atoms with Crippen LogP contribution < -0.4 is 5.32 Å². The lowest BCUT2D eigenvalue weighted by atomic mass is 10.2. The second-order valence-electron chi connectivity index (χ2n) is 3.42. The van der Waals surface area contributed by atoms with Gasteiger partial charge in [0.1, 0.15) is 12.4 Å². The van der Waals surface area contributed by atoms with Crippen molar-refractivity contribution < 1.29 is 9.53 Å². The molecular formula is C14H14BrNO2. The average molecular weight is 308 g/mol. The van der Waals surface area contributed by atoms with Crippen LogP contribution >= 0.6 is 15.9 Å². The molecule has 1 aromatic carbocycles. The van der Waals surface area contributed by atoms with Gasteiger partial charge in [0.15, 0.2) is 0 Å². The fourth-order valence-electron chi connectivity index (χ4n) is 1.25. The summed E-state index contributed by atoms with van der Waals surface area (Å²) in [5, 5.41) is 2.57. The van der Waals surface area contributed by atoms with Gasteiger partial charge in [-0.05, 0) is 39.7 Å². The van der Waals surface area contributed by atoms with Crippen molar-refractivity contribution in [1.29, 1.82) is 0 Å². The minimum atomic E-state index is 0.422. The summed E-state index contributed by atoms with van der Waals surface area (Å²) in [6.07, 6.45) is 4.02. The number of carbonyl (C=O) groups excluding carboxylic acids is 1. The van der Waals surface area contributed by atoms with E-state index in [2.05, 4.69) is 34.4 Å². The van der Waals surface area contributed by atoms with E-state index in [1.807, 2.05) is 24.3 Å². The second-order valence-corrected chi connectivity index (χ2v) is 4.38. The molecule has 0 aliphatic carbocycles. The molecule has 0 aliphatic heterocycles. The first-order valence-electron chi connectivity index (χ1n) is 5.26. The van der Waals surface area contributed by atoms with Crippen LogP contribution in [0.3, 0.4) is 0 Å². The zero-order chi connectivity index (χ0) is 13.4. The fraction of sp³-hybridized carbons (Fsp3) is 0.0714. The van der Waals surface area contributed by atoms with E-state index in [0.717, 1.165) is 11.3 Å². The van der Waals surface area contributed by atoms with E-state index in [1.165, 1.54) is 0 Å². The summed E-state index contributed by atoms with van der Waals surface area (Å²) in [5.74, 6) is 0.639. The van der Waals surface area contributed by atoms with Crippen LogP contribution in [0, 0.1) is 0 Å². The Morgan fingerprint density at radius 3 is 2.56 bits per heavy atom. The van der Waals surface area contributed by atoms with Gasteiger partial charge in [-0.1, -0.05) is 31.4 Å². The first kappa shape index (κ1) is 14.3. The largest absolute Gasteiger partial charge is 0.488 e. The van der Waals surface area contributed by atoms with Crippen LogP contribution in [0.2, 0.25) is 0 Å². The number of hydrogen-bond donors (Lipinski definition) is 1. The molecular weight excluding hydrogens is 294 g/mol. The third kappa shape index (κ3) is 4.59. The van der Waals surface area contributed by atoms with Crippen LogP contribution in [-0.2, 0) is 16.1 Å². The van der Waals surface area contributed by atoms with Crippen molar-refractivity contribution in [3.8, 4) is 0 Å². The van der Waals surface area contributed by atoms with Crippen molar-refractivity contribution in [2.75, 3.05) is 5.32 Å². The number of halogens is 1. The third-order valence-electron chi connectivity index (χ3n) is 2.11. The minimum absolute atomic E-state index is 0.422. The maximum atomic E-state index is 10.3. The highest BCUT2D eigenvalue weighted by Crippen LogP contribution is 2.18. The predicted octanol–water partition coefficient (Wildman–Crippen LogP) is 3.75. The number of carbonyl (C=O) groups is 1. The molecule has 1 aromatic rings. The Labute approximate surface area is 115 Å². The quantitative estimate of drug-likeness (QED) is 0.473. The number of amides is 1. The van der Waals surface area contributed by atoms with Crippen molar-refractivity contribution in [2.45, 2.75) is 6.61 Å². The molecule has 0 unspecified atom stereocenters. The molecule has 18 heavy (non-hydrogen) atoms. The Kier molecular flexibility index (Phi) is 5.94. The van der Waals surface area contributed by atoms with E-state index >= 15 is 0 Å². The summed E-state index contributed by atoms with van der Waals surface area (Å²) in [4.78, 5) is 10.3. The zero-order valence-corrected chi connectivity index (χ0v) is 11.4. The van der Waals surface area contributed by atoms with Crippen molar-refractivity contribution >= 4 is 28.0 Å². The van der Waals surface area contributed by atoms with E-state index in [9.17, 15) is 4.79 Å². The molecule has 94 valence electrons. The number of benzene rings is 1. The predicted molar refractivity (Wildman–Crippen MR) is 77.3 cm³/mol. The van der Waals surface area contributed by atoms with E-state index in [1.54, 1.807) is 12.2 Å². The van der Waals surface area contributed by atoms with Gasteiger partial charge in [0.25, 0.3) is 0 Å². The fourth-order valence-corrected chi connectivity index (χ4v) is 1.50. The van der Waals surface area contributed by atoms with E-state index < -0.39 is 0 Å². The number of allylic oxidation sites excluding steroid dienone is 3. The van der Waals surface area contributed by atoms with Gasteiger partial charge in [0, 0.05) is 5.69 Å². The molecule has 3 nitrogen and oxygen atoms in total. The molecule has 1 amide bonds. The molecule has 0 saturated heterocycles. The van der Waals surface area contributed by atoms with Crippen LogP contribution in [0.5, 0.6) is 0 Å². The maximum absolute atomic E-state index is 10.3. The van der Waals surface area contributed by atoms with Crippen molar-refractivity contribution in [2.24, 2.45) is 0 Å². The molecule has 4 heteroatoms. The Morgan fingerprint density at radius 1 is 1.39 bits per heavy atom. The Morgan fingerprint density at radius 2 is 2.06 bits per heavy atom. The molecule has 0 atom stereocenters. The number of anilines is 1. The van der Waals surface area contributed by atoms with Crippen molar-refractivity contribution in [3.63, 3.8) is 0 Å². The molecule has 1 rings (SSSR count). The van der Waals surface area contributed by atoms with E-state index in [4.69, 9.17) is 4.74 Å². The molecule has 0 saturated carbocycles. The minimum Gasteiger partial charge on any atom is -0.488 e. The zero-order valence-electron chi connectivity index (χ0n) is 9.86. The van der Waals surface area contributed by atoms with Crippen LogP contribution in [0.1, 0.15) is 5.56 Å². The van der Waals surface area contributed by atoms with Crippen molar-refractivity contribution in [3.05, 3.63) is 65.4 Å². The highest BCUT2D eigenvalue weighted by Gasteiger charge is 2.01. The van der Waals surface area contributed by atoms with E-state index in [0.29, 0.717) is 23.3 Å². The SMILES string of the molecule is C=C/C=C(/OCc1ccc(NC=O)cc1)C(=C)Br. The molecule has 0 spiro atoms. The number of nitrogens with one attached hydrogen (secondary N) is 1. The molecule has 0 heterocycles. The van der Waals surface area contributed by atoms with Crippen LogP contribution in [-0.4, -0.2) is 6.41 Å². The topological polar surface area (TPSA) is 38.3 Å². The summed E-state index contributed by atoms with van der Waals surface area (Å²) in [5.41, 5.74) is 1.75. The highest BCUT2D eigenvalue weighted by molar-refractivity contribution is 9.11. The van der Waals surface area contributed by atoms with Crippen LogP contribution in [0.15, 0.2) is 59.8 Å². The second kappa shape index (κ2) is 7.50. The first-order chi connectivity index (χ1) is 8.67. The molecule has 1 N–H and O–H groups in total. The van der Waals surface area contributed by atoms with Gasteiger partial charge in [-0.25, -0.2) is 0 Å². The Hall–Kier alpha value is -1.81. The van der Waals surface area contributed by atoms with Crippen molar-refractivity contribution in [1.82, 2.24) is 0 Å². The average Bonchev–Trinajstić information content (AvgIpc) is 2.36. The maximum Gasteiger partial charge on any atom is 0.211 e. The van der Waals surface area contributed by atoms with Gasteiger partial charge in [-0.15, -0.1) is 0 Å². The molecule has 0 aromatic heterocycles. The van der Waals surface area contributed by atoms with Gasteiger partial charge in [-0.3, -0.25) is 4.79 Å². The smallest absolute Gasteiger partial charge is 0.211 e. The Balaban J connectivity index is 2.62. The van der Waals surface area contributed by atoms with Gasteiger partial charge in [0.05, 0.1) is 4.48 Å². The van der Waals surface area contributed by atoms with Gasteiger partial charge in [0.2, 0.25) is 6.41 Å². The first-order valence-corrected chi connectivity index (χ1v) is 6.06. The normalized spacial score (nSPS) is 10.6. The van der Waals surface area contributed by atoms with E-state index in [-0.39, 0.29) is 0 Å². The monoisotopic (exact) mass is 307 g/mol. The number of rotatable bonds is 7. The number of hydrogen-bond acceptors (Lipinski definition) is 2. The van der Waals surface area contributed by atoms with Crippen LogP contribution in [0.4, 0.5) is 5.69 Å². The lowest BCUT2D eigenvalue weighted by molar-refractivity contribution is -0.105. The standard InChI is InChI=1S/C14H14BrNO2/c1-3-4-14(11(2)15)18-9-12-5-7-13(8-6-12)16-10-17/h3-8,10H,1-2,9H2,(H,16,17)/b14-4+. The van der Waals surface area contributed by atoms with Gasteiger partial charge >= 0.3 is 0 Å². The summed E-state index contributed by atoms with van der Waals surface area (Å²) in [6, 6.07) is 7.39. The Bertz CT molecular complexity index is 463. The summed E-state index contributed by atoms with van der Waals surface area (Å²) >= 11 is 3.26. The molecule has 0 bridgehead atoms. The van der Waals surface area contributed by atoms with Gasteiger partial charge < -0.3 is 10.1 Å². The molecule has 0 radical (unpaired) electrons. The van der Waals surface area contributed by atoms with Crippen LogP contribution in [0.25, 0.3) is 0 Å². The number of ether oxygens (including phenoxy) is 1. The lowest BCUT2D eigenvalue weighted by Crippen LogP contribution is -1.96. The summed E-state index contributed by atoms with van der Waals surface area (Å²) in [7, 11) is 0. The van der Waals surface area contributed by atoms with Gasteiger partial charge in [-0.2, -0.15) is 0 Å². The molecule has 0 aliphatic rings. The highest BCUT2D eigenvalue weighted by atomic mass is 79.9. The molecule has 0 fully saturated rings.